The van der Waals surface area contributed by atoms with Crippen LogP contribution < -0.4 is 0 Å². The van der Waals surface area contributed by atoms with Crippen LogP contribution in [0.1, 0.15) is 59.3 Å². The first-order valence-corrected chi connectivity index (χ1v) is 6.41. The third-order valence-corrected chi connectivity index (χ3v) is 3.39. The van der Waals surface area contributed by atoms with Gasteiger partial charge in [-0.1, -0.05) is 52.9 Å². The Labute approximate surface area is 98.9 Å². The summed E-state index contributed by atoms with van der Waals surface area (Å²) < 4.78 is 0. The van der Waals surface area contributed by atoms with Crippen molar-refractivity contribution in [2.75, 3.05) is 0 Å². The van der Waals surface area contributed by atoms with Crippen molar-refractivity contribution in [3.63, 3.8) is 0 Å². The van der Waals surface area contributed by atoms with Crippen LogP contribution >= 0.6 is 0 Å². The van der Waals surface area contributed by atoms with Gasteiger partial charge in [-0.2, -0.15) is 0 Å². The number of unbranched alkanes of at least 4 members (excludes halogenated alkanes) is 4. The predicted octanol–water partition coefficient (Wildman–Crippen LogP) is 3.06. The van der Waals surface area contributed by atoms with E-state index in [0.29, 0.717) is 0 Å². The van der Waals surface area contributed by atoms with Gasteiger partial charge >= 0.3 is 5.97 Å². The molecule has 0 aliphatic carbocycles. The summed E-state index contributed by atoms with van der Waals surface area (Å²) in [5, 5.41) is 18.7. The molecule has 0 aliphatic rings. The number of aliphatic hydroxyl groups is 1. The van der Waals surface area contributed by atoms with Crippen molar-refractivity contribution >= 4 is 5.97 Å². The van der Waals surface area contributed by atoms with E-state index >= 15 is 0 Å². The van der Waals surface area contributed by atoms with Crippen molar-refractivity contribution < 1.29 is 15.0 Å². The van der Waals surface area contributed by atoms with E-state index in [0.717, 1.165) is 19.3 Å². The van der Waals surface area contributed by atoms with Crippen LogP contribution in [0, 0.1) is 11.8 Å². The Balaban J connectivity index is 3.70. The Bertz CT molecular complexity index is 192. The quantitative estimate of drug-likeness (QED) is 0.598. The molecule has 0 radical (unpaired) electrons. The molecule has 0 aromatic carbocycles. The second-order valence-electron chi connectivity index (χ2n) is 4.76. The highest BCUT2D eigenvalue weighted by Gasteiger charge is 2.25. The van der Waals surface area contributed by atoms with Crippen molar-refractivity contribution in [2.24, 2.45) is 11.8 Å². The molecule has 0 bridgehead atoms. The van der Waals surface area contributed by atoms with Gasteiger partial charge in [-0.25, -0.2) is 0 Å². The standard InChI is InChI=1S/C13H26O3/c1-4-5-6-7-8-9-12(14)10(2)11(3)13(15)16/h10-12,14H,4-9H2,1-3H3,(H,15,16). The number of aliphatic carboxylic acids is 1. The highest BCUT2D eigenvalue weighted by Crippen LogP contribution is 2.20. The summed E-state index contributed by atoms with van der Waals surface area (Å²) in [6.45, 7) is 5.65. The summed E-state index contributed by atoms with van der Waals surface area (Å²) in [6.07, 6.45) is 6.06. The van der Waals surface area contributed by atoms with Crippen LogP contribution in [0.3, 0.4) is 0 Å². The summed E-state index contributed by atoms with van der Waals surface area (Å²) in [6, 6.07) is 0. The molecular formula is C13H26O3. The minimum atomic E-state index is -0.822. The van der Waals surface area contributed by atoms with Crippen molar-refractivity contribution in [2.45, 2.75) is 65.4 Å². The SMILES string of the molecule is CCCCCCCC(O)C(C)C(C)C(=O)O. The Morgan fingerprint density at radius 2 is 1.69 bits per heavy atom. The molecule has 2 N–H and O–H groups in total. The zero-order valence-electron chi connectivity index (χ0n) is 10.8. The normalized spacial score (nSPS) is 16.8. The van der Waals surface area contributed by atoms with E-state index < -0.39 is 18.0 Å². The molecular weight excluding hydrogens is 204 g/mol. The molecule has 3 atom stereocenters. The fraction of sp³-hybridized carbons (Fsp3) is 0.923. The van der Waals surface area contributed by atoms with E-state index in [4.69, 9.17) is 5.11 Å². The Hall–Kier alpha value is -0.570. The number of aliphatic hydroxyl groups excluding tert-OH is 1. The van der Waals surface area contributed by atoms with Gasteiger partial charge in [0.1, 0.15) is 0 Å². The molecule has 0 saturated carbocycles. The average molecular weight is 230 g/mol. The molecule has 0 saturated heterocycles. The number of carbonyl (C=O) groups is 1. The van der Waals surface area contributed by atoms with E-state index in [1.54, 1.807) is 6.92 Å². The van der Waals surface area contributed by atoms with Crippen molar-refractivity contribution in [3.05, 3.63) is 0 Å². The fourth-order valence-electron chi connectivity index (χ4n) is 1.78. The predicted molar refractivity (Wildman–Crippen MR) is 65.3 cm³/mol. The number of hydrogen-bond donors (Lipinski definition) is 2. The minimum Gasteiger partial charge on any atom is -0.481 e. The summed E-state index contributed by atoms with van der Waals surface area (Å²) in [4.78, 5) is 10.7. The van der Waals surface area contributed by atoms with E-state index in [1.807, 2.05) is 6.92 Å². The van der Waals surface area contributed by atoms with E-state index in [1.165, 1.54) is 19.3 Å². The monoisotopic (exact) mass is 230 g/mol. The first-order chi connectivity index (χ1) is 7.50. The van der Waals surface area contributed by atoms with Gasteiger partial charge in [0.05, 0.1) is 12.0 Å². The van der Waals surface area contributed by atoms with E-state index in [9.17, 15) is 9.90 Å². The molecule has 16 heavy (non-hydrogen) atoms. The minimum absolute atomic E-state index is 0.163. The summed E-state index contributed by atoms with van der Waals surface area (Å²) in [5.74, 6) is -1.45. The maximum Gasteiger partial charge on any atom is 0.306 e. The molecule has 0 heterocycles. The molecule has 0 spiro atoms. The van der Waals surface area contributed by atoms with Gasteiger partial charge in [-0.15, -0.1) is 0 Å². The summed E-state index contributed by atoms with van der Waals surface area (Å²) in [5.41, 5.74) is 0. The van der Waals surface area contributed by atoms with Crippen LogP contribution in [0.5, 0.6) is 0 Å². The number of hydrogen-bond acceptors (Lipinski definition) is 2. The van der Waals surface area contributed by atoms with Gasteiger partial charge in [-0.3, -0.25) is 4.79 Å². The first-order valence-electron chi connectivity index (χ1n) is 6.41. The van der Waals surface area contributed by atoms with Crippen molar-refractivity contribution in [1.29, 1.82) is 0 Å². The molecule has 0 aromatic heterocycles. The van der Waals surface area contributed by atoms with Crippen LogP contribution in [-0.4, -0.2) is 22.3 Å². The highest BCUT2D eigenvalue weighted by atomic mass is 16.4. The van der Waals surface area contributed by atoms with Gasteiger partial charge in [-0.05, 0) is 12.3 Å². The first kappa shape index (κ1) is 15.4. The van der Waals surface area contributed by atoms with Crippen LogP contribution in [0.15, 0.2) is 0 Å². The molecule has 3 heteroatoms. The van der Waals surface area contributed by atoms with Gasteiger partial charge < -0.3 is 10.2 Å². The van der Waals surface area contributed by atoms with Gasteiger partial charge in [0, 0.05) is 0 Å². The summed E-state index contributed by atoms with van der Waals surface area (Å²) in [7, 11) is 0. The topological polar surface area (TPSA) is 57.5 Å². The maximum atomic E-state index is 10.7. The zero-order chi connectivity index (χ0) is 12.6. The largest absolute Gasteiger partial charge is 0.481 e. The zero-order valence-corrected chi connectivity index (χ0v) is 10.8. The van der Waals surface area contributed by atoms with Crippen LogP contribution in [-0.2, 0) is 4.79 Å². The van der Waals surface area contributed by atoms with Crippen molar-refractivity contribution in [3.8, 4) is 0 Å². The van der Waals surface area contributed by atoms with Gasteiger partial charge in [0.2, 0.25) is 0 Å². The average Bonchev–Trinajstić information content (AvgIpc) is 2.26. The van der Waals surface area contributed by atoms with Crippen LogP contribution in [0.25, 0.3) is 0 Å². The molecule has 0 aromatic rings. The smallest absolute Gasteiger partial charge is 0.306 e. The summed E-state index contributed by atoms with van der Waals surface area (Å²) >= 11 is 0. The third kappa shape index (κ3) is 6.11. The lowest BCUT2D eigenvalue weighted by Crippen LogP contribution is -2.28. The van der Waals surface area contributed by atoms with Gasteiger partial charge in [0.15, 0.2) is 0 Å². The second kappa shape index (κ2) is 8.57. The fourth-order valence-corrected chi connectivity index (χ4v) is 1.78. The van der Waals surface area contributed by atoms with Gasteiger partial charge in [0.25, 0.3) is 0 Å². The Morgan fingerprint density at radius 3 is 2.19 bits per heavy atom. The van der Waals surface area contributed by atoms with E-state index in [-0.39, 0.29) is 5.92 Å². The third-order valence-electron chi connectivity index (χ3n) is 3.39. The molecule has 0 amide bonds. The second-order valence-corrected chi connectivity index (χ2v) is 4.76. The van der Waals surface area contributed by atoms with Crippen molar-refractivity contribution in [1.82, 2.24) is 0 Å². The highest BCUT2D eigenvalue weighted by molar-refractivity contribution is 5.69. The molecule has 0 aliphatic heterocycles. The Morgan fingerprint density at radius 1 is 1.12 bits per heavy atom. The molecule has 3 nitrogen and oxygen atoms in total. The lowest BCUT2D eigenvalue weighted by molar-refractivity contribution is -0.144. The van der Waals surface area contributed by atoms with Crippen LogP contribution in [0.2, 0.25) is 0 Å². The maximum absolute atomic E-state index is 10.7. The Kier molecular flexibility index (Phi) is 8.26. The number of carboxylic acid groups (broad SMARTS) is 1. The lowest BCUT2D eigenvalue weighted by atomic mass is 9.88. The molecule has 96 valence electrons. The number of carboxylic acids is 1. The van der Waals surface area contributed by atoms with Crippen LogP contribution in [0.4, 0.5) is 0 Å². The molecule has 3 unspecified atom stereocenters. The number of rotatable bonds is 9. The van der Waals surface area contributed by atoms with E-state index in [2.05, 4.69) is 6.92 Å². The molecule has 0 fully saturated rings. The lowest BCUT2D eigenvalue weighted by Gasteiger charge is -2.22. The molecule has 0 rings (SSSR count).